The van der Waals surface area contributed by atoms with Gasteiger partial charge in [0.2, 0.25) is 0 Å². The summed E-state index contributed by atoms with van der Waals surface area (Å²) < 4.78 is 15.0. The van der Waals surface area contributed by atoms with E-state index >= 15 is 0 Å². The Labute approximate surface area is 140 Å². The van der Waals surface area contributed by atoms with Crippen LogP contribution in [0.4, 0.5) is 10.2 Å². The molecule has 4 rings (SSSR count). The van der Waals surface area contributed by atoms with Gasteiger partial charge >= 0.3 is 0 Å². The number of anilines is 1. The molecule has 2 heterocycles. The zero-order valence-electron chi connectivity index (χ0n) is 13.7. The van der Waals surface area contributed by atoms with Crippen molar-refractivity contribution in [1.82, 2.24) is 19.6 Å². The van der Waals surface area contributed by atoms with Gasteiger partial charge in [0.05, 0.1) is 0 Å². The Hall–Kier alpha value is -2.50. The zero-order chi connectivity index (χ0) is 16.5. The molecular weight excluding hydrogens is 305 g/mol. The lowest BCUT2D eigenvalue weighted by molar-refractivity contribution is 0.626. The molecule has 3 aromatic rings. The molecule has 24 heavy (non-hydrogen) atoms. The van der Waals surface area contributed by atoms with Gasteiger partial charge in [-0.15, -0.1) is 0 Å². The Morgan fingerprint density at radius 2 is 2.04 bits per heavy atom. The third-order valence-corrected chi connectivity index (χ3v) is 4.43. The Morgan fingerprint density at radius 3 is 2.75 bits per heavy atom. The first kappa shape index (κ1) is 15.1. The summed E-state index contributed by atoms with van der Waals surface area (Å²) in [5.41, 5.74) is 2.09. The number of aryl methyl sites for hydroxylation is 1. The van der Waals surface area contributed by atoms with Crippen molar-refractivity contribution in [3.63, 3.8) is 0 Å². The second kappa shape index (κ2) is 6.19. The molecule has 0 spiro atoms. The average Bonchev–Trinajstić information content (AvgIpc) is 3.29. The third kappa shape index (κ3) is 3.09. The standard InChI is InChI=1S/C18H20FN5/c1-2-16-9-17(24-18(22-16)20-12-21-24)23(10-13-3-4-13)11-14-5-7-15(19)8-6-14/h5-9,12-13H,2-4,10-11H2,1H3. The van der Waals surface area contributed by atoms with Crippen molar-refractivity contribution in [3.05, 3.63) is 53.7 Å². The third-order valence-electron chi connectivity index (χ3n) is 4.43. The van der Waals surface area contributed by atoms with Crippen LogP contribution in [0.5, 0.6) is 0 Å². The molecule has 1 aromatic carbocycles. The molecule has 5 nitrogen and oxygen atoms in total. The second-order valence-corrected chi connectivity index (χ2v) is 6.38. The van der Waals surface area contributed by atoms with Crippen LogP contribution >= 0.6 is 0 Å². The van der Waals surface area contributed by atoms with Gasteiger partial charge in [0.15, 0.2) is 0 Å². The maximum absolute atomic E-state index is 13.2. The smallest absolute Gasteiger partial charge is 0.254 e. The van der Waals surface area contributed by atoms with Crippen molar-refractivity contribution in [2.75, 3.05) is 11.4 Å². The van der Waals surface area contributed by atoms with Gasteiger partial charge in [0.1, 0.15) is 18.0 Å². The number of fused-ring (bicyclic) bond motifs is 1. The van der Waals surface area contributed by atoms with Gasteiger partial charge in [-0.2, -0.15) is 14.6 Å². The van der Waals surface area contributed by atoms with E-state index in [9.17, 15) is 4.39 Å². The summed E-state index contributed by atoms with van der Waals surface area (Å²) in [6, 6.07) is 8.80. The minimum atomic E-state index is -0.205. The number of aromatic nitrogens is 4. The average molecular weight is 325 g/mol. The monoisotopic (exact) mass is 325 g/mol. The van der Waals surface area contributed by atoms with Crippen LogP contribution in [0, 0.1) is 11.7 Å². The second-order valence-electron chi connectivity index (χ2n) is 6.38. The summed E-state index contributed by atoms with van der Waals surface area (Å²) in [7, 11) is 0. The molecule has 0 atom stereocenters. The van der Waals surface area contributed by atoms with Gasteiger partial charge in [0, 0.05) is 24.8 Å². The van der Waals surface area contributed by atoms with Crippen LogP contribution < -0.4 is 4.90 Å². The van der Waals surface area contributed by atoms with Crippen molar-refractivity contribution in [1.29, 1.82) is 0 Å². The molecule has 0 bridgehead atoms. The van der Waals surface area contributed by atoms with Crippen molar-refractivity contribution in [2.45, 2.75) is 32.7 Å². The van der Waals surface area contributed by atoms with E-state index in [2.05, 4.69) is 33.0 Å². The van der Waals surface area contributed by atoms with Crippen LogP contribution in [0.15, 0.2) is 36.7 Å². The first-order chi connectivity index (χ1) is 11.7. The van der Waals surface area contributed by atoms with Crippen molar-refractivity contribution in [3.8, 4) is 0 Å². The molecule has 0 amide bonds. The first-order valence-electron chi connectivity index (χ1n) is 8.42. The van der Waals surface area contributed by atoms with Gasteiger partial charge in [-0.1, -0.05) is 19.1 Å². The number of halogens is 1. The highest BCUT2D eigenvalue weighted by Crippen LogP contribution is 2.32. The molecule has 1 saturated carbocycles. The predicted molar refractivity (Wildman–Crippen MR) is 90.3 cm³/mol. The quantitative estimate of drug-likeness (QED) is 0.698. The lowest BCUT2D eigenvalue weighted by atomic mass is 10.2. The van der Waals surface area contributed by atoms with Crippen LogP contribution in [0.1, 0.15) is 31.0 Å². The first-order valence-corrected chi connectivity index (χ1v) is 8.42. The molecular formula is C18H20FN5. The Kier molecular flexibility index (Phi) is 3.88. The highest BCUT2D eigenvalue weighted by molar-refractivity contribution is 5.48. The molecule has 1 fully saturated rings. The fourth-order valence-corrected chi connectivity index (χ4v) is 2.91. The van der Waals surface area contributed by atoms with E-state index in [0.29, 0.717) is 5.78 Å². The van der Waals surface area contributed by atoms with Crippen molar-refractivity contribution in [2.24, 2.45) is 5.92 Å². The number of rotatable bonds is 6. The normalized spacial score (nSPS) is 14.2. The predicted octanol–water partition coefficient (Wildman–Crippen LogP) is 3.24. The van der Waals surface area contributed by atoms with Gasteiger partial charge in [-0.25, -0.2) is 9.37 Å². The number of hydrogen-bond donors (Lipinski definition) is 0. The fraction of sp³-hybridized carbons (Fsp3) is 0.389. The van der Waals surface area contributed by atoms with Crippen LogP contribution in [0.25, 0.3) is 5.78 Å². The molecule has 1 aliphatic rings. The largest absolute Gasteiger partial charge is 0.352 e. The lowest BCUT2D eigenvalue weighted by Gasteiger charge is -2.25. The Bertz CT molecular complexity index is 838. The maximum Gasteiger partial charge on any atom is 0.254 e. The molecule has 0 unspecified atom stereocenters. The van der Waals surface area contributed by atoms with Crippen LogP contribution in [-0.2, 0) is 13.0 Å². The van der Waals surface area contributed by atoms with E-state index in [0.717, 1.165) is 42.5 Å². The maximum atomic E-state index is 13.2. The van der Waals surface area contributed by atoms with E-state index in [1.165, 1.54) is 25.0 Å². The number of benzene rings is 1. The zero-order valence-corrected chi connectivity index (χ0v) is 13.7. The summed E-state index contributed by atoms with van der Waals surface area (Å²) in [5, 5.41) is 4.34. The van der Waals surface area contributed by atoms with Gasteiger partial charge < -0.3 is 4.90 Å². The molecule has 124 valence electrons. The minimum absolute atomic E-state index is 0.205. The summed E-state index contributed by atoms with van der Waals surface area (Å²) in [4.78, 5) is 11.1. The van der Waals surface area contributed by atoms with E-state index < -0.39 is 0 Å². The molecule has 6 heteroatoms. The summed E-state index contributed by atoms with van der Waals surface area (Å²) in [5.74, 6) is 2.15. The molecule has 0 saturated heterocycles. The van der Waals surface area contributed by atoms with E-state index in [1.54, 1.807) is 10.8 Å². The van der Waals surface area contributed by atoms with Crippen LogP contribution in [-0.4, -0.2) is 26.1 Å². The summed E-state index contributed by atoms with van der Waals surface area (Å²) in [6.07, 6.45) is 4.93. The highest BCUT2D eigenvalue weighted by Gasteiger charge is 2.26. The fourth-order valence-electron chi connectivity index (χ4n) is 2.91. The molecule has 0 aliphatic heterocycles. The van der Waals surface area contributed by atoms with Gasteiger partial charge in [-0.3, -0.25) is 0 Å². The van der Waals surface area contributed by atoms with Gasteiger partial charge in [-0.05, 0) is 42.9 Å². The lowest BCUT2D eigenvalue weighted by Crippen LogP contribution is -2.28. The van der Waals surface area contributed by atoms with E-state index in [-0.39, 0.29) is 5.82 Å². The number of hydrogen-bond acceptors (Lipinski definition) is 4. The molecule has 2 aromatic heterocycles. The van der Waals surface area contributed by atoms with E-state index in [1.807, 2.05) is 12.1 Å². The molecule has 0 N–H and O–H groups in total. The highest BCUT2D eigenvalue weighted by atomic mass is 19.1. The Morgan fingerprint density at radius 1 is 1.25 bits per heavy atom. The molecule has 0 radical (unpaired) electrons. The number of nitrogens with zero attached hydrogens (tertiary/aromatic N) is 5. The Balaban J connectivity index is 1.72. The van der Waals surface area contributed by atoms with Gasteiger partial charge in [0.25, 0.3) is 5.78 Å². The molecule has 1 aliphatic carbocycles. The van der Waals surface area contributed by atoms with Crippen LogP contribution in [0.3, 0.4) is 0 Å². The minimum Gasteiger partial charge on any atom is -0.352 e. The topological polar surface area (TPSA) is 46.3 Å². The summed E-state index contributed by atoms with van der Waals surface area (Å²) in [6.45, 7) is 3.78. The van der Waals surface area contributed by atoms with Crippen molar-refractivity contribution >= 4 is 11.6 Å². The SMILES string of the molecule is CCc1cc(N(Cc2ccc(F)cc2)CC2CC2)n2ncnc2n1. The van der Waals surface area contributed by atoms with Crippen molar-refractivity contribution < 1.29 is 4.39 Å². The van der Waals surface area contributed by atoms with Crippen LogP contribution in [0.2, 0.25) is 0 Å². The summed E-state index contributed by atoms with van der Waals surface area (Å²) >= 11 is 0. The van der Waals surface area contributed by atoms with E-state index in [4.69, 9.17) is 0 Å².